The van der Waals surface area contributed by atoms with Crippen molar-refractivity contribution >= 4 is 23.3 Å². The van der Waals surface area contributed by atoms with E-state index in [1.165, 1.54) is 0 Å². The summed E-state index contributed by atoms with van der Waals surface area (Å²) in [5.74, 6) is 0.892. The van der Waals surface area contributed by atoms with Crippen molar-refractivity contribution in [3.05, 3.63) is 58.7 Å². The van der Waals surface area contributed by atoms with Crippen LogP contribution >= 0.6 is 11.6 Å². The van der Waals surface area contributed by atoms with Gasteiger partial charge in [0.15, 0.2) is 0 Å². The van der Waals surface area contributed by atoms with Crippen LogP contribution in [0.3, 0.4) is 0 Å². The Morgan fingerprint density at radius 3 is 2.85 bits per heavy atom. The number of aryl methyl sites for hydroxylation is 1. The molecule has 4 heteroatoms. The first-order chi connectivity index (χ1) is 9.66. The van der Waals surface area contributed by atoms with Gasteiger partial charge in [-0.2, -0.15) is 0 Å². The fourth-order valence-corrected chi connectivity index (χ4v) is 2.71. The number of hydrogen-bond donors (Lipinski definition) is 1. The largest absolute Gasteiger partial charge is 0.310 e. The molecular formula is C16H15ClN2O. The van der Waals surface area contributed by atoms with Crippen molar-refractivity contribution in [1.29, 1.82) is 0 Å². The minimum absolute atomic E-state index is 0.00342. The van der Waals surface area contributed by atoms with Crippen LogP contribution < -0.4 is 5.32 Å². The van der Waals surface area contributed by atoms with E-state index in [9.17, 15) is 4.79 Å². The topological polar surface area (TPSA) is 42.0 Å². The molecule has 0 spiro atoms. The molecule has 2 aromatic rings. The molecule has 0 saturated heterocycles. The molecule has 102 valence electrons. The summed E-state index contributed by atoms with van der Waals surface area (Å²) in [5, 5.41) is 3.64. The van der Waals surface area contributed by atoms with Crippen molar-refractivity contribution in [2.45, 2.75) is 19.3 Å². The number of nitrogens with one attached hydrogen (secondary N) is 1. The van der Waals surface area contributed by atoms with Gasteiger partial charge >= 0.3 is 0 Å². The monoisotopic (exact) mass is 286 g/mol. The molecule has 0 aliphatic heterocycles. The number of amides is 1. The maximum absolute atomic E-state index is 12.2. The van der Waals surface area contributed by atoms with E-state index >= 15 is 0 Å². The predicted molar refractivity (Wildman–Crippen MR) is 79.9 cm³/mol. The lowest BCUT2D eigenvalue weighted by atomic mass is 10.1. The molecule has 1 amide bonds. The summed E-state index contributed by atoms with van der Waals surface area (Å²) in [7, 11) is 0. The summed E-state index contributed by atoms with van der Waals surface area (Å²) < 4.78 is 0. The van der Waals surface area contributed by atoms with Crippen LogP contribution in [0.15, 0.2) is 42.6 Å². The maximum Gasteiger partial charge on any atom is 0.229 e. The third-order valence-corrected chi connectivity index (χ3v) is 4.03. The number of benzene rings is 1. The summed E-state index contributed by atoms with van der Waals surface area (Å²) in [6.07, 6.45) is 2.53. The normalized spacial score (nSPS) is 20.5. The van der Waals surface area contributed by atoms with Gasteiger partial charge in [-0.05, 0) is 42.5 Å². The summed E-state index contributed by atoms with van der Waals surface area (Å²) >= 11 is 6.17. The van der Waals surface area contributed by atoms with Crippen LogP contribution in [0.1, 0.15) is 23.5 Å². The Balaban J connectivity index is 1.69. The number of carbonyl (C=O) groups is 1. The van der Waals surface area contributed by atoms with E-state index in [2.05, 4.69) is 10.3 Å². The molecule has 1 aromatic carbocycles. The van der Waals surface area contributed by atoms with Gasteiger partial charge in [0.2, 0.25) is 5.91 Å². The van der Waals surface area contributed by atoms with Crippen LogP contribution in [0, 0.1) is 12.8 Å². The first-order valence-electron chi connectivity index (χ1n) is 6.63. The minimum Gasteiger partial charge on any atom is -0.310 e. The predicted octanol–water partition coefficient (Wildman–Crippen LogP) is 3.79. The van der Waals surface area contributed by atoms with E-state index in [0.717, 1.165) is 22.6 Å². The number of anilines is 1. The standard InChI is InChI=1S/C16H15ClN2O/c1-10-5-4-8-18-15(10)19-16(20)13-9-12(13)11-6-2-3-7-14(11)17/h2-8,12-13H,9H2,1H3,(H,18,19,20)/t12-,13-/m0/s1. The van der Waals surface area contributed by atoms with Gasteiger partial charge in [-0.25, -0.2) is 4.98 Å². The highest BCUT2D eigenvalue weighted by molar-refractivity contribution is 6.31. The zero-order valence-electron chi connectivity index (χ0n) is 11.1. The molecule has 3 nitrogen and oxygen atoms in total. The van der Waals surface area contributed by atoms with Gasteiger partial charge in [0.05, 0.1) is 0 Å². The second-order valence-electron chi connectivity index (χ2n) is 5.13. The van der Waals surface area contributed by atoms with Gasteiger partial charge in [-0.1, -0.05) is 35.9 Å². The third kappa shape index (κ3) is 2.54. The lowest BCUT2D eigenvalue weighted by Crippen LogP contribution is -2.16. The molecule has 20 heavy (non-hydrogen) atoms. The van der Waals surface area contributed by atoms with Crippen LogP contribution in [-0.4, -0.2) is 10.9 Å². The molecule has 1 saturated carbocycles. The molecular weight excluding hydrogens is 272 g/mol. The van der Waals surface area contributed by atoms with Crippen LogP contribution in [0.5, 0.6) is 0 Å². The van der Waals surface area contributed by atoms with Gasteiger partial charge < -0.3 is 5.32 Å². The molecule has 1 aromatic heterocycles. The number of carbonyl (C=O) groups excluding carboxylic acids is 1. The number of halogens is 1. The van der Waals surface area contributed by atoms with Crippen molar-refractivity contribution in [2.24, 2.45) is 5.92 Å². The SMILES string of the molecule is Cc1cccnc1NC(=O)[C@H]1C[C@H]1c1ccccc1Cl. The molecule has 2 atom stereocenters. The Kier molecular flexibility index (Phi) is 3.45. The number of nitrogens with zero attached hydrogens (tertiary/aromatic N) is 1. The van der Waals surface area contributed by atoms with E-state index in [4.69, 9.17) is 11.6 Å². The number of hydrogen-bond acceptors (Lipinski definition) is 2. The van der Waals surface area contributed by atoms with Gasteiger partial charge in [-0.3, -0.25) is 4.79 Å². The van der Waals surface area contributed by atoms with Gasteiger partial charge in [0.25, 0.3) is 0 Å². The molecule has 0 bridgehead atoms. The van der Waals surface area contributed by atoms with E-state index in [-0.39, 0.29) is 17.7 Å². The Bertz CT molecular complexity index is 656. The van der Waals surface area contributed by atoms with Gasteiger partial charge in [0, 0.05) is 17.1 Å². The second-order valence-corrected chi connectivity index (χ2v) is 5.54. The average Bonchev–Trinajstić information content (AvgIpc) is 3.22. The van der Waals surface area contributed by atoms with Crippen LogP contribution in [0.4, 0.5) is 5.82 Å². The molecule has 0 radical (unpaired) electrons. The molecule has 0 unspecified atom stereocenters. The highest BCUT2D eigenvalue weighted by Crippen LogP contribution is 2.49. The Morgan fingerprint density at radius 1 is 1.30 bits per heavy atom. The van der Waals surface area contributed by atoms with E-state index < -0.39 is 0 Å². The number of aromatic nitrogens is 1. The summed E-state index contributed by atoms with van der Waals surface area (Å²) in [4.78, 5) is 16.4. The maximum atomic E-state index is 12.2. The van der Waals surface area contributed by atoms with Crippen LogP contribution in [-0.2, 0) is 4.79 Å². The molecule has 1 fully saturated rings. The van der Waals surface area contributed by atoms with Crippen molar-refractivity contribution in [3.8, 4) is 0 Å². The highest BCUT2D eigenvalue weighted by Gasteiger charge is 2.44. The van der Waals surface area contributed by atoms with Crippen molar-refractivity contribution < 1.29 is 4.79 Å². The molecule has 3 rings (SSSR count). The Morgan fingerprint density at radius 2 is 2.10 bits per heavy atom. The van der Waals surface area contributed by atoms with Crippen molar-refractivity contribution in [1.82, 2.24) is 4.98 Å². The van der Waals surface area contributed by atoms with Crippen molar-refractivity contribution in [2.75, 3.05) is 5.32 Å². The summed E-state index contributed by atoms with van der Waals surface area (Å²) in [6.45, 7) is 1.93. The van der Waals surface area contributed by atoms with E-state index in [1.54, 1.807) is 6.20 Å². The molecule has 1 aliphatic rings. The van der Waals surface area contributed by atoms with Crippen LogP contribution in [0.25, 0.3) is 0 Å². The highest BCUT2D eigenvalue weighted by atomic mass is 35.5. The first kappa shape index (κ1) is 13.1. The van der Waals surface area contributed by atoms with Gasteiger partial charge in [-0.15, -0.1) is 0 Å². The Hall–Kier alpha value is -1.87. The first-order valence-corrected chi connectivity index (χ1v) is 7.01. The minimum atomic E-state index is -0.00342. The zero-order valence-corrected chi connectivity index (χ0v) is 11.9. The third-order valence-electron chi connectivity index (χ3n) is 3.68. The Labute approximate surface area is 123 Å². The van der Waals surface area contributed by atoms with E-state index in [1.807, 2.05) is 43.3 Å². The molecule has 1 aliphatic carbocycles. The molecule has 1 heterocycles. The van der Waals surface area contributed by atoms with E-state index in [0.29, 0.717) is 5.82 Å². The number of rotatable bonds is 3. The van der Waals surface area contributed by atoms with Crippen molar-refractivity contribution in [3.63, 3.8) is 0 Å². The van der Waals surface area contributed by atoms with Gasteiger partial charge in [0.1, 0.15) is 5.82 Å². The number of pyridine rings is 1. The fourth-order valence-electron chi connectivity index (χ4n) is 2.43. The fraction of sp³-hybridized carbons (Fsp3) is 0.250. The average molecular weight is 287 g/mol. The zero-order chi connectivity index (χ0) is 14.1. The lowest BCUT2D eigenvalue weighted by Gasteiger charge is -2.07. The quantitative estimate of drug-likeness (QED) is 0.933. The lowest BCUT2D eigenvalue weighted by molar-refractivity contribution is -0.117. The summed E-state index contributed by atoms with van der Waals surface area (Å²) in [5.41, 5.74) is 2.03. The van der Waals surface area contributed by atoms with Crippen LogP contribution in [0.2, 0.25) is 5.02 Å². The summed E-state index contributed by atoms with van der Waals surface area (Å²) in [6, 6.07) is 11.5. The second kappa shape index (κ2) is 5.25. The smallest absolute Gasteiger partial charge is 0.229 e. The molecule has 1 N–H and O–H groups in total.